The molecule has 1 fully saturated rings. The minimum atomic E-state index is -0.330. The molecule has 0 amide bonds. The molecule has 4 rings (SSSR count). The van der Waals surface area contributed by atoms with Crippen LogP contribution in [-0.2, 0) is 25.6 Å². The van der Waals surface area contributed by atoms with Crippen molar-refractivity contribution in [1.29, 1.82) is 0 Å². The standard InChI is InChI=1S/C23H26O4/c1-15-9-18(24)10-23(3)20(19-13-26-14-27-22(19)21(15)23)16(2)11-25-12-17-7-5-4-6-8-17/h4-9,16H,10-14H2,1-3H3/t16?,23-/m1/s1. The number of fused-ring (bicyclic) bond motifs is 2. The summed E-state index contributed by atoms with van der Waals surface area (Å²) in [5.74, 6) is 1.27. The van der Waals surface area contributed by atoms with Gasteiger partial charge >= 0.3 is 0 Å². The fourth-order valence-electron chi connectivity index (χ4n) is 4.90. The molecule has 1 unspecified atom stereocenters. The Hall–Kier alpha value is -2.17. The van der Waals surface area contributed by atoms with Crippen molar-refractivity contribution in [3.05, 3.63) is 70.0 Å². The van der Waals surface area contributed by atoms with Crippen molar-refractivity contribution in [3.63, 3.8) is 0 Å². The maximum absolute atomic E-state index is 12.4. The van der Waals surface area contributed by atoms with Gasteiger partial charge < -0.3 is 14.2 Å². The lowest BCUT2D eigenvalue weighted by atomic mass is 9.66. The van der Waals surface area contributed by atoms with E-state index in [1.807, 2.05) is 25.1 Å². The zero-order chi connectivity index (χ0) is 19.0. The maximum Gasteiger partial charge on any atom is 0.189 e. The van der Waals surface area contributed by atoms with E-state index in [0.29, 0.717) is 26.2 Å². The Bertz CT molecular complexity index is 846. The number of hydrogen-bond donors (Lipinski definition) is 0. The van der Waals surface area contributed by atoms with Gasteiger partial charge in [-0.1, -0.05) is 44.2 Å². The number of benzene rings is 1. The number of ketones is 1. The molecule has 2 aliphatic carbocycles. The second kappa shape index (κ2) is 7.10. The molecule has 0 bridgehead atoms. The predicted octanol–water partition coefficient (Wildman–Crippen LogP) is 4.33. The number of carbonyl (C=O) groups is 1. The van der Waals surface area contributed by atoms with E-state index >= 15 is 0 Å². The summed E-state index contributed by atoms with van der Waals surface area (Å²) in [6.45, 7) is 8.34. The Morgan fingerprint density at radius 2 is 2.04 bits per heavy atom. The van der Waals surface area contributed by atoms with Crippen LogP contribution >= 0.6 is 0 Å². The lowest BCUT2D eigenvalue weighted by molar-refractivity contribution is -0.116. The monoisotopic (exact) mass is 366 g/mol. The Morgan fingerprint density at radius 1 is 1.26 bits per heavy atom. The van der Waals surface area contributed by atoms with Crippen molar-refractivity contribution >= 4 is 5.78 Å². The third kappa shape index (κ3) is 3.17. The van der Waals surface area contributed by atoms with Crippen molar-refractivity contribution in [2.75, 3.05) is 20.0 Å². The SMILES string of the molecule is CC1=CC(=O)C[C@@]2(C)C1=C1OCOCC1=C2C(C)COCc1ccccc1. The number of rotatable bonds is 5. The zero-order valence-corrected chi connectivity index (χ0v) is 16.2. The second-order valence-electron chi connectivity index (χ2n) is 7.91. The summed E-state index contributed by atoms with van der Waals surface area (Å²) in [5, 5.41) is 0. The van der Waals surface area contributed by atoms with Gasteiger partial charge in [0.2, 0.25) is 0 Å². The minimum absolute atomic E-state index is 0.171. The largest absolute Gasteiger partial charge is 0.467 e. The van der Waals surface area contributed by atoms with E-state index in [1.54, 1.807) is 6.08 Å². The predicted molar refractivity (Wildman–Crippen MR) is 103 cm³/mol. The van der Waals surface area contributed by atoms with Crippen molar-refractivity contribution in [2.24, 2.45) is 11.3 Å². The highest BCUT2D eigenvalue weighted by Crippen LogP contribution is 2.57. The Kier molecular flexibility index (Phi) is 4.79. The van der Waals surface area contributed by atoms with Gasteiger partial charge in [-0.05, 0) is 29.7 Å². The number of allylic oxidation sites excluding steroid dienone is 3. The highest BCUT2D eigenvalue weighted by molar-refractivity contribution is 5.95. The van der Waals surface area contributed by atoms with Gasteiger partial charge in [-0.2, -0.15) is 0 Å². The van der Waals surface area contributed by atoms with Gasteiger partial charge in [-0.25, -0.2) is 0 Å². The zero-order valence-electron chi connectivity index (χ0n) is 16.2. The maximum atomic E-state index is 12.4. The molecular formula is C23H26O4. The smallest absolute Gasteiger partial charge is 0.189 e. The summed E-state index contributed by atoms with van der Waals surface area (Å²) in [7, 11) is 0. The topological polar surface area (TPSA) is 44.8 Å². The van der Waals surface area contributed by atoms with Crippen LogP contribution in [0.15, 0.2) is 64.5 Å². The van der Waals surface area contributed by atoms with E-state index in [9.17, 15) is 4.79 Å². The third-order valence-corrected chi connectivity index (χ3v) is 5.78. The van der Waals surface area contributed by atoms with Gasteiger partial charge in [0.1, 0.15) is 5.76 Å². The first-order chi connectivity index (χ1) is 13.0. The highest BCUT2D eigenvalue weighted by Gasteiger charge is 2.50. The number of carbonyl (C=O) groups excluding carboxylic acids is 1. The molecule has 4 heteroatoms. The van der Waals surface area contributed by atoms with Gasteiger partial charge in [-0.15, -0.1) is 0 Å². The van der Waals surface area contributed by atoms with E-state index in [-0.39, 0.29) is 23.9 Å². The lowest BCUT2D eigenvalue weighted by Gasteiger charge is -2.36. The molecule has 1 aliphatic heterocycles. The normalized spacial score (nSPS) is 25.7. The first-order valence-corrected chi connectivity index (χ1v) is 9.53. The molecule has 1 saturated heterocycles. The van der Waals surface area contributed by atoms with Crippen molar-refractivity contribution in [1.82, 2.24) is 0 Å². The van der Waals surface area contributed by atoms with Crippen LogP contribution in [0.4, 0.5) is 0 Å². The van der Waals surface area contributed by atoms with E-state index in [4.69, 9.17) is 14.2 Å². The van der Waals surface area contributed by atoms with Crippen LogP contribution < -0.4 is 0 Å². The average molecular weight is 366 g/mol. The molecule has 2 atom stereocenters. The van der Waals surface area contributed by atoms with Crippen LogP contribution in [0, 0.1) is 11.3 Å². The van der Waals surface area contributed by atoms with E-state index in [2.05, 4.69) is 26.0 Å². The van der Waals surface area contributed by atoms with Crippen molar-refractivity contribution < 1.29 is 19.0 Å². The van der Waals surface area contributed by atoms with Gasteiger partial charge in [-0.3, -0.25) is 4.79 Å². The summed E-state index contributed by atoms with van der Waals surface area (Å²) in [6.07, 6.45) is 2.23. The first kappa shape index (κ1) is 18.2. The lowest BCUT2D eigenvalue weighted by Crippen LogP contribution is -2.31. The van der Waals surface area contributed by atoms with Crippen LogP contribution in [-0.4, -0.2) is 25.8 Å². The Labute approximate surface area is 160 Å². The second-order valence-corrected chi connectivity index (χ2v) is 7.91. The molecule has 142 valence electrons. The molecule has 0 N–H and O–H groups in total. The summed E-state index contributed by atoms with van der Waals surface area (Å²) in [6, 6.07) is 10.2. The number of hydrogen-bond acceptors (Lipinski definition) is 4. The fourth-order valence-corrected chi connectivity index (χ4v) is 4.90. The Morgan fingerprint density at radius 3 is 2.81 bits per heavy atom. The average Bonchev–Trinajstić information content (AvgIpc) is 2.90. The molecule has 0 saturated carbocycles. The van der Waals surface area contributed by atoms with Crippen LogP contribution in [0.2, 0.25) is 0 Å². The number of ether oxygens (including phenoxy) is 3. The molecule has 1 heterocycles. The first-order valence-electron chi connectivity index (χ1n) is 9.53. The van der Waals surface area contributed by atoms with Crippen molar-refractivity contribution in [3.8, 4) is 0 Å². The van der Waals surface area contributed by atoms with Crippen LogP contribution in [0.5, 0.6) is 0 Å². The molecule has 4 nitrogen and oxygen atoms in total. The summed E-state index contributed by atoms with van der Waals surface area (Å²) in [5.41, 5.74) is 5.35. The molecule has 27 heavy (non-hydrogen) atoms. The van der Waals surface area contributed by atoms with Gasteiger partial charge in [0, 0.05) is 28.9 Å². The summed E-state index contributed by atoms with van der Waals surface area (Å²) >= 11 is 0. The highest BCUT2D eigenvalue weighted by atomic mass is 16.7. The molecular weight excluding hydrogens is 340 g/mol. The summed E-state index contributed by atoms with van der Waals surface area (Å²) < 4.78 is 17.5. The minimum Gasteiger partial charge on any atom is -0.467 e. The van der Waals surface area contributed by atoms with Crippen molar-refractivity contribution in [2.45, 2.75) is 33.8 Å². The van der Waals surface area contributed by atoms with E-state index in [0.717, 1.165) is 28.0 Å². The summed E-state index contributed by atoms with van der Waals surface area (Å²) in [4.78, 5) is 12.4. The van der Waals surface area contributed by atoms with Gasteiger partial charge in [0.25, 0.3) is 0 Å². The molecule has 0 radical (unpaired) electrons. The van der Waals surface area contributed by atoms with E-state index in [1.165, 1.54) is 5.57 Å². The van der Waals surface area contributed by atoms with Crippen LogP contribution in [0.25, 0.3) is 0 Å². The molecule has 0 aromatic heterocycles. The molecule has 1 aromatic carbocycles. The van der Waals surface area contributed by atoms with Gasteiger partial charge in [0.15, 0.2) is 12.6 Å². The van der Waals surface area contributed by atoms with Crippen LogP contribution in [0.3, 0.4) is 0 Å². The molecule has 0 spiro atoms. The van der Waals surface area contributed by atoms with E-state index < -0.39 is 0 Å². The third-order valence-electron chi connectivity index (χ3n) is 5.78. The molecule has 3 aliphatic rings. The Balaban J connectivity index is 1.59. The fraction of sp³-hybridized carbons (Fsp3) is 0.435. The molecule has 1 aromatic rings. The quantitative estimate of drug-likeness (QED) is 0.778. The van der Waals surface area contributed by atoms with Gasteiger partial charge in [0.05, 0.1) is 19.8 Å². The van der Waals surface area contributed by atoms with Crippen LogP contribution in [0.1, 0.15) is 32.8 Å².